The van der Waals surface area contributed by atoms with Gasteiger partial charge in [-0.1, -0.05) is 0 Å². The number of hydrogen-bond acceptors (Lipinski definition) is 5. The van der Waals surface area contributed by atoms with Gasteiger partial charge in [0.2, 0.25) is 0 Å². The Morgan fingerprint density at radius 3 is 3.05 bits per heavy atom. The van der Waals surface area contributed by atoms with E-state index in [1.165, 1.54) is 12.1 Å². The molecule has 0 bridgehead atoms. The van der Waals surface area contributed by atoms with Crippen LogP contribution in [0.25, 0.3) is 0 Å². The minimum absolute atomic E-state index is 0.0826. The van der Waals surface area contributed by atoms with E-state index < -0.39 is 4.92 Å². The van der Waals surface area contributed by atoms with Crippen LogP contribution in [0.2, 0.25) is 0 Å². The molecule has 8 heteroatoms. The molecule has 1 aliphatic heterocycles. The van der Waals surface area contributed by atoms with Crippen molar-refractivity contribution in [2.24, 2.45) is 16.6 Å². The Kier molecular flexibility index (Phi) is 4.46. The molecule has 2 heterocycles. The molecule has 0 unspecified atom stereocenters. The van der Waals surface area contributed by atoms with Gasteiger partial charge in [-0.05, 0) is 24.8 Å². The summed E-state index contributed by atoms with van der Waals surface area (Å²) < 4.78 is 0. The van der Waals surface area contributed by atoms with Crippen molar-refractivity contribution in [1.29, 1.82) is 0 Å². The van der Waals surface area contributed by atoms with Crippen molar-refractivity contribution in [3.8, 4) is 0 Å². The molecule has 8 nitrogen and oxygen atoms in total. The number of nitrogens with two attached hydrogens (primary N) is 1. The summed E-state index contributed by atoms with van der Waals surface area (Å²) in [6, 6.07) is 2.80. The van der Waals surface area contributed by atoms with E-state index in [2.05, 4.69) is 9.98 Å². The molecule has 0 radical (unpaired) electrons. The Labute approximate surface area is 116 Å². The molecule has 3 N–H and O–H groups in total. The highest BCUT2D eigenvalue weighted by molar-refractivity contribution is 5.80. The first-order valence-corrected chi connectivity index (χ1v) is 6.40. The number of aliphatic imine (C=N–C) groups is 1. The highest BCUT2D eigenvalue weighted by Crippen LogP contribution is 2.18. The number of aromatic nitrogens is 1. The van der Waals surface area contributed by atoms with Crippen LogP contribution < -0.4 is 5.73 Å². The van der Waals surface area contributed by atoms with Gasteiger partial charge in [0.25, 0.3) is 5.69 Å². The van der Waals surface area contributed by atoms with Crippen molar-refractivity contribution >= 4 is 17.5 Å². The second-order valence-electron chi connectivity index (χ2n) is 4.74. The van der Waals surface area contributed by atoms with Crippen molar-refractivity contribution < 1.29 is 10.0 Å². The summed E-state index contributed by atoms with van der Waals surface area (Å²) >= 11 is 0. The van der Waals surface area contributed by atoms with Crippen LogP contribution in [-0.4, -0.2) is 45.6 Å². The molecule has 1 aromatic rings. The zero-order valence-electron chi connectivity index (χ0n) is 11.0. The lowest BCUT2D eigenvalue weighted by Gasteiger charge is -2.32. The van der Waals surface area contributed by atoms with Gasteiger partial charge in [0, 0.05) is 25.8 Å². The number of piperidine rings is 1. The predicted octanol–water partition coefficient (Wildman–Crippen LogP) is 0.640. The standard InChI is InChI=1S/C12H17N5O3/c13-12(16-5-1-2-9(7-16)8-18)15-11-4-3-10(6-14-11)17(19)20/h3-4,6,9,18H,1-2,5,7-8H2,(H2,13,14,15)/t9-/m1/s1. The molecule has 1 aromatic heterocycles. The van der Waals surface area contributed by atoms with Gasteiger partial charge >= 0.3 is 0 Å². The molecule has 20 heavy (non-hydrogen) atoms. The Morgan fingerprint density at radius 1 is 1.65 bits per heavy atom. The summed E-state index contributed by atoms with van der Waals surface area (Å²) in [5, 5.41) is 19.7. The highest BCUT2D eigenvalue weighted by Gasteiger charge is 2.20. The zero-order chi connectivity index (χ0) is 14.5. The third kappa shape index (κ3) is 3.41. The highest BCUT2D eigenvalue weighted by atomic mass is 16.6. The Balaban J connectivity index is 2.07. The maximum Gasteiger partial charge on any atom is 0.287 e. The average molecular weight is 279 g/mol. The van der Waals surface area contributed by atoms with Crippen LogP contribution in [0.3, 0.4) is 0 Å². The number of likely N-dealkylation sites (tertiary alicyclic amines) is 1. The molecule has 0 amide bonds. The van der Waals surface area contributed by atoms with Crippen LogP contribution in [0, 0.1) is 16.0 Å². The number of aliphatic hydroxyl groups excluding tert-OH is 1. The fraction of sp³-hybridized carbons (Fsp3) is 0.500. The maximum atomic E-state index is 10.5. The monoisotopic (exact) mass is 279 g/mol. The lowest BCUT2D eigenvalue weighted by molar-refractivity contribution is -0.385. The van der Waals surface area contributed by atoms with Gasteiger partial charge in [-0.2, -0.15) is 4.99 Å². The van der Waals surface area contributed by atoms with E-state index in [1.54, 1.807) is 0 Å². The first-order chi connectivity index (χ1) is 9.60. The van der Waals surface area contributed by atoms with E-state index in [0.29, 0.717) is 18.3 Å². The van der Waals surface area contributed by atoms with Gasteiger partial charge in [0.05, 0.1) is 4.92 Å². The number of nitrogens with zero attached hydrogens (tertiary/aromatic N) is 4. The van der Waals surface area contributed by atoms with Crippen LogP contribution >= 0.6 is 0 Å². The summed E-state index contributed by atoms with van der Waals surface area (Å²) in [6.45, 7) is 1.59. The molecular formula is C12H17N5O3. The average Bonchev–Trinajstić information content (AvgIpc) is 2.47. The van der Waals surface area contributed by atoms with Gasteiger partial charge in [0.1, 0.15) is 6.20 Å². The molecular weight excluding hydrogens is 262 g/mol. The Morgan fingerprint density at radius 2 is 2.45 bits per heavy atom. The van der Waals surface area contributed by atoms with E-state index in [-0.39, 0.29) is 18.2 Å². The topological polar surface area (TPSA) is 118 Å². The molecule has 0 spiro atoms. The molecule has 108 valence electrons. The number of aliphatic hydroxyl groups is 1. The van der Waals surface area contributed by atoms with E-state index in [4.69, 9.17) is 5.73 Å². The van der Waals surface area contributed by atoms with Crippen LogP contribution in [-0.2, 0) is 0 Å². The van der Waals surface area contributed by atoms with Crippen molar-refractivity contribution in [1.82, 2.24) is 9.88 Å². The van der Waals surface area contributed by atoms with E-state index in [1.807, 2.05) is 4.90 Å². The van der Waals surface area contributed by atoms with Gasteiger partial charge < -0.3 is 15.7 Å². The number of nitro groups is 1. The first-order valence-electron chi connectivity index (χ1n) is 6.40. The third-order valence-corrected chi connectivity index (χ3v) is 3.27. The number of pyridine rings is 1. The quantitative estimate of drug-likeness (QED) is 0.363. The number of hydrogen-bond donors (Lipinski definition) is 2. The Bertz CT molecular complexity index is 502. The normalized spacial score (nSPS) is 19.9. The van der Waals surface area contributed by atoms with Crippen LogP contribution in [0.4, 0.5) is 11.5 Å². The summed E-state index contributed by atoms with van der Waals surface area (Å²) in [6.07, 6.45) is 3.09. The van der Waals surface area contributed by atoms with Gasteiger partial charge in [-0.3, -0.25) is 10.1 Å². The molecule has 0 aliphatic carbocycles. The van der Waals surface area contributed by atoms with Gasteiger partial charge in [-0.15, -0.1) is 0 Å². The van der Waals surface area contributed by atoms with Crippen molar-refractivity contribution in [2.45, 2.75) is 12.8 Å². The molecule has 1 fully saturated rings. The zero-order valence-corrected chi connectivity index (χ0v) is 11.0. The second-order valence-corrected chi connectivity index (χ2v) is 4.74. The van der Waals surface area contributed by atoms with E-state index >= 15 is 0 Å². The van der Waals surface area contributed by atoms with Crippen LogP contribution in [0.1, 0.15) is 12.8 Å². The SMILES string of the molecule is NC(=Nc1ccc([N+](=O)[O-])cn1)N1CCC[C@@H](CO)C1. The van der Waals surface area contributed by atoms with Crippen molar-refractivity contribution in [3.05, 3.63) is 28.4 Å². The van der Waals surface area contributed by atoms with Crippen molar-refractivity contribution in [2.75, 3.05) is 19.7 Å². The predicted molar refractivity (Wildman–Crippen MR) is 73.6 cm³/mol. The molecule has 1 saturated heterocycles. The minimum Gasteiger partial charge on any atom is -0.396 e. The number of rotatable bonds is 3. The van der Waals surface area contributed by atoms with Crippen LogP contribution in [0.15, 0.2) is 23.3 Å². The second kappa shape index (κ2) is 6.29. The molecule has 1 atom stereocenters. The maximum absolute atomic E-state index is 10.5. The number of guanidine groups is 1. The first kappa shape index (κ1) is 14.2. The lowest BCUT2D eigenvalue weighted by Crippen LogP contribution is -2.44. The van der Waals surface area contributed by atoms with E-state index in [9.17, 15) is 15.2 Å². The fourth-order valence-electron chi connectivity index (χ4n) is 2.16. The van der Waals surface area contributed by atoms with Gasteiger partial charge in [0.15, 0.2) is 11.8 Å². The van der Waals surface area contributed by atoms with Gasteiger partial charge in [-0.25, -0.2) is 4.98 Å². The molecule has 1 aliphatic rings. The smallest absolute Gasteiger partial charge is 0.287 e. The Hall–Kier alpha value is -2.22. The minimum atomic E-state index is -0.514. The molecule has 0 aromatic carbocycles. The molecule has 0 saturated carbocycles. The van der Waals surface area contributed by atoms with E-state index in [0.717, 1.165) is 25.6 Å². The largest absolute Gasteiger partial charge is 0.396 e. The lowest BCUT2D eigenvalue weighted by atomic mass is 9.99. The summed E-state index contributed by atoms with van der Waals surface area (Å²) in [5.41, 5.74) is 5.83. The summed E-state index contributed by atoms with van der Waals surface area (Å²) in [4.78, 5) is 20.0. The third-order valence-electron chi connectivity index (χ3n) is 3.27. The summed E-state index contributed by atoms with van der Waals surface area (Å²) in [5.74, 6) is 0.867. The fourth-order valence-corrected chi connectivity index (χ4v) is 2.16. The summed E-state index contributed by atoms with van der Waals surface area (Å²) in [7, 11) is 0. The molecule has 2 rings (SSSR count). The van der Waals surface area contributed by atoms with Crippen molar-refractivity contribution in [3.63, 3.8) is 0 Å². The van der Waals surface area contributed by atoms with Crippen LogP contribution in [0.5, 0.6) is 0 Å².